The molecule has 0 N–H and O–H groups in total. The quantitative estimate of drug-likeness (QED) is 0.595. The molecule has 1 aliphatic heterocycles. The number of rotatable bonds is 2. The van der Waals surface area contributed by atoms with Crippen LogP contribution in [0.4, 0.5) is 0 Å². The molecule has 0 aromatic carbocycles. The van der Waals surface area contributed by atoms with Crippen LogP contribution in [0.3, 0.4) is 0 Å². The van der Waals surface area contributed by atoms with Crippen LogP contribution in [0, 0.1) is 11.8 Å². The van der Waals surface area contributed by atoms with E-state index in [1.54, 1.807) is 0 Å². The van der Waals surface area contributed by atoms with Gasteiger partial charge in [-0.2, -0.15) is 0 Å². The van der Waals surface area contributed by atoms with E-state index >= 15 is 0 Å². The molecule has 0 radical (unpaired) electrons. The third kappa shape index (κ3) is 1.96. The summed E-state index contributed by atoms with van der Waals surface area (Å²) in [7, 11) is 0. The van der Waals surface area contributed by atoms with E-state index in [1.807, 2.05) is 0 Å². The number of hydrogen-bond donors (Lipinski definition) is 0. The molecule has 13 heavy (non-hydrogen) atoms. The van der Waals surface area contributed by atoms with Gasteiger partial charge in [0.25, 0.3) is 0 Å². The van der Waals surface area contributed by atoms with Crippen LogP contribution in [0.1, 0.15) is 41.5 Å². The summed E-state index contributed by atoms with van der Waals surface area (Å²) in [4.78, 5) is 0. The van der Waals surface area contributed by atoms with Crippen molar-refractivity contribution in [2.45, 2.75) is 53.8 Å². The van der Waals surface area contributed by atoms with Gasteiger partial charge < -0.3 is 4.74 Å². The average Bonchev–Trinajstić information content (AvgIpc) is 2.24. The van der Waals surface area contributed by atoms with Crippen LogP contribution >= 0.6 is 0 Å². The van der Waals surface area contributed by atoms with Crippen molar-refractivity contribution in [3.8, 4) is 0 Å². The Morgan fingerprint density at radius 3 is 1.38 bits per heavy atom. The van der Waals surface area contributed by atoms with Crippen LogP contribution in [0.15, 0.2) is 11.1 Å². The lowest BCUT2D eigenvalue weighted by Crippen LogP contribution is -2.10. The van der Waals surface area contributed by atoms with Crippen LogP contribution < -0.4 is 0 Å². The van der Waals surface area contributed by atoms with Crippen molar-refractivity contribution in [2.24, 2.45) is 11.8 Å². The molecule has 0 aliphatic carbocycles. The molecule has 0 amide bonds. The molecule has 0 aromatic rings. The van der Waals surface area contributed by atoms with Gasteiger partial charge in [-0.25, -0.2) is 0 Å². The molecular weight excluding hydrogens is 160 g/mol. The first-order chi connectivity index (χ1) is 5.95. The van der Waals surface area contributed by atoms with Crippen molar-refractivity contribution >= 4 is 0 Å². The van der Waals surface area contributed by atoms with E-state index in [0.29, 0.717) is 24.0 Å². The fraction of sp³-hybridized carbons (Fsp3) is 0.833. The molecule has 76 valence electrons. The maximum Gasteiger partial charge on any atom is 0.0771 e. The average molecular weight is 182 g/mol. The lowest BCUT2D eigenvalue weighted by atomic mass is 9.87. The largest absolute Gasteiger partial charge is 0.367 e. The lowest BCUT2D eigenvalue weighted by molar-refractivity contribution is 0.0691. The predicted octanol–water partition coefficient (Wildman–Crippen LogP) is 3.40. The van der Waals surface area contributed by atoms with Gasteiger partial charge in [0.2, 0.25) is 0 Å². The van der Waals surface area contributed by atoms with E-state index in [-0.39, 0.29) is 0 Å². The maximum absolute atomic E-state index is 5.83. The Kier molecular flexibility index (Phi) is 3.18. The Morgan fingerprint density at radius 2 is 1.15 bits per heavy atom. The SMILES string of the molecule is CC(C)C1=C(C(C)C)C(C)OC1C. The van der Waals surface area contributed by atoms with Crippen LogP contribution in [-0.2, 0) is 4.74 Å². The molecule has 0 spiro atoms. The van der Waals surface area contributed by atoms with Gasteiger partial charge in [0.15, 0.2) is 0 Å². The van der Waals surface area contributed by atoms with Gasteiger partial charge in [-0.05, 0) is 36.8 Å². The van der Waals surface area contributed by atoms with Gasteiger partial charge in [-0.3, -0.25) is 0 Å². The first-order valence-corrected chi connectivity index (χ1v) is 5.34. The molecule has 1 nitrogen and oxygen atoms in total. The molecule has 1 heterocycles. The summed E-state index contributed by atoms with van der Waals surface area (Å²) in [5.74, 6) is 1.25. The lowest BCUT2D eigenvalue weighted by Gasteiger charge is -2.16. The molecule has 1 aliphatic rings. The molecule has 2 atom stereocenters. The fourth-order valence-electron chi connectivity index (χ4n) is 2.53. The highest BCUT2D eigenvalue weighted by Gasteiger charge is 2.31. The van der Waals surface area contributed by atoms with E-state index in [1.165, 1.54) is 11.1 Å². The van der Waals surface area contributed by atoms with Gasteiger partial charge >= 0.3 is 0 Å². The van der Waals surface area contributed by atoms with E-state index in [0.717, 1.165) is 0 Å². The zero-order valence-electron chi connectivity index (χ0n) is 9.72. The zero-order valence-corrected chi connectivity index (χ0v) is 9.72. The first kappa shape index (κ1) is 10.8. The normalized spacial score (nSPS) is 29.5. The Balaban J connectivity index is 3.03. The maximum atomic E-state index is 5.83. The summed E-state index contributed by atoms with van der Waals surface area (Å²) in [6.07, 6.45) is 0.653. The first-order valence-electron chi connectivity index (χ1n) is 5.34. The summed E-state index contributed by atoms with van der Waals surface area (Å²) in [6, 6.07) is 0. The third-order valence-corrected chi connectivity index (χ3v) is 2.86. The minimum atomic E-state index is 0.326. The Morgan fingerprint density at radius 1 is 0.846 bits per heavy atom. The van der Waals surface area contributed by atoms with Crippen LogP contribution in [-0.4, -0.2) is 12.2 Å². The fourth-order valence-corrected chi connectivity index (χ4v) is 2.53. The van der Waals surface area contributed by atoms with E-state index < -0.39 is 0 Å². The molecule has 1 rings (SSSR count). The van der Waals surface area contributed by atoms with Crippen molar-refractivity contribution in [2.75, 3.05) is 0 Å². The van der Waals surface area contributed by atoms with Gasteiger partial charge in [-0.15, -0.1) is 0 Å². The van der Waals surface area contributed by atoms with Crippen molar-refractivity contribution in [3.63, 3.8) is 0 Å². The van der Waals surface area contributed by atoms with Gasteiger partial charge in [0.05, 0.1) is 12.2 Å². The van der Waals surface area contributed by atoms with Gasteiger partial charge in [0, 0.05) is 0 Å². The predicted molar refractivity (Wildman–Crippen MR) is 56.7 cm³/mol. The second kappa shape index (κ2) is 3.83. The van der Waals surface area contributed by atoms with E-state index in [9.17, 15) is 0 Å². The highest BCUT2D eigenvalue weighted by Crippen LogP contribution is 2.35. The summed E-state index contributed by atoms with van der Waals surface area (Å²) < 4.78 is 5.83. The minimum Gasteiger partial charge on any atom is -0.367 e. The Labute approximate surface area is 82.2 Å². The Bertz CT molecular complexity index is 191. The molecule has 0 aromatic heterocycles. The molecule has 0 saturated heterocycles. The summed E-state index contributed by atoms with van der Waals surface area (Å²) in [5, 5.41) is 0. The number of hydrogen-bond acceptors (Lipinski definition) is 1. The van der Waals surface area contributed by atoms with E-state index in [4.69, 9.17) is 4.74 Å². The van der Waals surface area contributed by atoms with Crippen LogP contribution in [0.2, 0.25) is 0 Å². The minimum absolute atomic E-state index is 0.326. The second-order valence-electron chi connectivity index (χ2n) is 4.64. The topological polar surface area (TPSA) is 9.23 Å². The molecule has 0 saturated carbocycles. The molecule has 1 heteroatoms. The van der Waals surface area contributed by atoms with Gasteiger partial charge in [0.1, 0.15) is 0 Å². The van der Waals surface area contributed by atoms with E-state index in [2.05, 4.69) is 41.5 Å². The molecule has 0 fully saturated rings. The van der Waals surface area contributed by atoms with Crippen molar-refractivity contribution < 1.29 is 4.74 Å². The highest BCUT2D eigenvalue weighted by molar-refractivity contribution is 5.28. The standard InChI is InChI=1S/C12H22O/c1-7(2)11-9(5)13-10(6)12(11)8(3)4/h7-10H,1-6H3. The van der Waals surface area contributed by atoms with Crippen molar-refractivity contribution in [1.29, 1.82) is 0 Å². The molecule has 2 unspecified atom stereocenters. The van der Waals surface area contributed by atoms with Crippen molar-refractivity contribution in [3.05, 3.63) is 11.1 Å². The van der Waals surface area contributed by atoms with Gasteiger partial charge in [-0.1, -0.05) is 27.7 Å². The molecular formula is C12H22O. The summed E-state index contributed by atoms with van der Waals surface area (Å²) in [6.45, 7) is 13.4. The van der Waals surface area contributed by atoms with Crippen LogP contribution in [0.25, 0.3) is 0 Å². The van der Waals surface area contributed by atoms with Crippen LogP contribution in [0.5, 0.6) is 0 Å². The Hall–Kier alpha value is -0.300. The smallest absolute Gasteiger partial charge is 0.0771 e. The summed E-state index contributed by atoms with van der Waals surface area (Å²) in [5.41, 5.74) is 3.06. The monoisotopic (exact) mass is 182 g/mol. The van der Waals surface area contributed by atoms with Crippen molar-refractivity contribution in [1.82, 2.24) is 0 Å². The molecule has 0 bridgehead atoms. The third-order valence-electron chi connectivity index (χ3n) is 2.86. The second-order valence-corrected chi connectivity index (χ2v) is 4.64. The number of ether oxygens (including phenoxy) is 1. The summed E-state index contributed by atoms with van der Waals surface area (Å²) >= 11 is 0. The highest BCUT2D eigenvalue weighted by atomic mass is 16.5. The zero-order chi connectivity index (χ0) is 10.2.